The molecule has 1 amide bonds. The summed E-state index contributed by atoms with van der Waals surface area (Å²) in [6.45, 7) is -0.556. The standard InChI is InChI=1S/C13H17NO7/c15-6-8-10(17)11(18)12(19)13(21-8)14-9(16)4-3-7-2-1-5-20-7/h1-5,8,10-13,15,17-19H,6H2,(H,14,16)/b4-3+/t8-,10-,11+,12-,13-/m1/s1. The molecular formula is C13H17NO7. The van der Waals surface area contributed by atoms with Gasteiger partial charge in [-0.1, -0.05) is 0 Å². The second kappa shape index (κ2) is 6.83. The van der Waals surface area contributed by atoms with Gasteiger partial charge in [0.2, 0.25) is 5.91 Å². The van der Waals surface area contributed by atoms with Gasteiger partial charge in [-0.25, -0.2) is 0 Å². The summed E-state index contributed by atoms with van der Waals surface area (Å²) < 4.78 is 10.1. The molecule has 0 aliphatic carbocycles. The molecule has 5 N–H and O–H groups in total. The molecule has 2 rings (SSSR count). The van der Waals surface area contributed by atoms with Gasteiger partial charge in [0.15, 0.2) is 6.23 Å². The molecule has 0 unspecified atom stereocenters. The highest BCUT2D eigenvalue weighted by atomic mass is 16.6. The summed E-state index contributed by atoms with van der Waals surface area (Å²) in [7, 11) is 0. The third-order valence-electron chi connectivity index (χ3n) is 3.12. The van der Waals surface area contributed by atoms with Gasteiger partial charge < -0.3 is 34.9 Å². The van der Waals surface area contributed by atoms with Gasteiger partial charge >= 0.3 is 0 Å². The number of carbonyl (C=O) groups excluding carboxylic acids is 1. The number of hydrogen-bond donors (Lipinski definition) is 5. The molecule has 0 aromatic carbocycles. The quantitative estimate of drug-likeness (QED) is 0.415. The highest BCUT2D eigenvalue weighted by molar-refractivity contribution is 5.91. The number of carbonyl (C=O) groups is 1. The summed E-state index contributed by atoms with van der Waals surface area (Å²) in [6, 6.07) is 3.31. The van der Waals surface area contributed by atoms with Crippen molar-refractivity contribution >= 4 is 12.0 Å². The Morgan fingerprint density at radius 1 is 1.29 bits per heavy atom. The van der Waals surface area contributed by atoms with Gasteiger partial charge in [0.25, 0.3) is 0 Å². The van der Waals surface area contributed by atoms with Crippen LogP contribution in [0.15, 0.2) is 28.9 Å². The first-order valence-electron chi connectivity index (χ1n) is 6.35. The SMILES string of the molecule is O=C(/C=C/c1ccco1)N[C@@H]1O[C@H](CO)[C@@H](O)[C@H](O)[C@H]1O. The van der Waals surface area contributed by atoms with Crippen LogP contribution in [0.5, 0.6) is 0 Å². The van der Waals surface area contributed by atoms with E-state index in [1.165, 1.54) is 18.4 Å². The van der Waals surface area contributed by atoms with E-state index in [1.807, 2.05) is 0 Å². The van der Waals surface area contributed by atoms with Gasteiger partial charge in [-0.3, -0.25) is 4.79 Å². The molecule has 0 spiro atoms. The molecule has 8 nitrogen and oxygen atoms in total. The fourth-order valence-electron chi connectivity index (χ4n) is 1.95. The molecule has 5 atom stereocenters. The Bertz CT molecular complexity index is 485. The van der Waals surface area contributed by atoms with Crippen molar-refractivity contribution in [2.75, 3.05) is 6.61 Å². The first-order valence-corrected chi connectivity index (χ1v) is 6.35. The molecule has 8 heteroatoms. The number of hydrogen-bond acceptors (Lipinski definition) is 7. The van der Waals surface area contributed by atoms with E-state index in [2.05, 4.69) is 5.32 Å². The Hall–Kier alpha value is -1.71. The van der Waals surface area contributed by atoms with E-state index in [-0.39, 0.29) is 0 Å². The first-order chi connectivity index (χ1) is 10.0. The van der Waals surface area contributed by atoms with Crippen molar-refractivity contribution in [1.82, 2.24) is 5.32 Å². The predicted molar refractivity (Wildman–Crippen MR) is 69.7 cm³/mol. The third kappa shape index (κ3) is 3.69. The number of aliphatic hydroxyl groups excluding tert-OH is 4. The number of furan rings is 1. The largest absolute Gasteiger partial charge is 0.465 e. The van der Waals surface area contributed by atoms with Crippen LogP contribution in [0, 0.1) is 0 Å². The number of amides is 1. The fourth-order valence-corrected chi connectivity index (χ4v) is 1.95. The van der Waals surface area contributed by atoms with E-state index in [4.69, 9.17) is 14.3 Å². The second-order valence-corrected chi connectivity index (χ2v) is 4.61. The second-order valence-electron chi connectivity index (χ2n) is 4.61. The van der Waals surface area contributed by atoms with Crippen LogP contribution < -0.4 is 5.32 Å². The summed E-state index contributed by atoms with van der Waals surface area (Å²) >= 11 is 0. The zero-order chi connectivity index (χ0) is 15.4. The smallest absolute Gasteiger partial charge is 0.246 e. The minimum absolute atomic E-state index is 0.471. The molecular weight excluding hydrogens is 282 g/mol. The van der Waals surface area contributed by atoms with Gasteiger partial charge in [0.05, 0.1) is 12.9 Å². The van der Waals surface area contributed by atoms with Gasteiger partial charge in [-0.2, -0.15) is 0 Å². The highest BCUT2D eigenvalue weighted by Gasteiger charge is 2.43. The van der Waals surface area contributed by atoms with Crippen LogP contribution in [-0.2, 0) is 9.53 Å². The van der Waals surface area contributed by atoms with Crippen LogP contribution in [0.1, 0.15) is 5.76 Å². The molecule has 116 valence electrons. The summed E-state index contributed by atoms with van der Waals surface area (Å²) in [5.74, 6) is -0.116. The lowest BCUT2D eigenvalue weighted by Crippen LogP contribution is -2.63. The lowest BCUT2D eigenvalue weighted by atomic mass is 9.98. The van der Waals surface area contributed by atoms with Crippen molar-refractivity contribution in [3.8, 4) is 0 Å². The van der Waals surface area contributed by atoms with Crippen LogP contribution in [0.3, 0.4) is 0 Å². The monoisotopic (exact) mass is 299 g/mol. The zero-order valence-corrected chi connectivity index (χ0v) is 11.0. The fraction of sp³-hybridized carbons (Fsp3) is 0.462. The molecule has 0 radical (unpaired) electrons. The van der Waals surface area contributed by atoms with E-state index in [9.17, 15) is 20.1 Å². The van der Waals surface area contributed by atoms with Crippen LogP contribution >= 0.6 is 0 Å². The van der Waals surface area contributed by atoms with Gasteiger partial charge in [-0.05, 0) is 18.2 Å². The molecule has 1 aliphatic heterocycles. The van der Waals surface area contributed by atoms with E-state index in [1.54, 1.807) is 12.1 Å². The van der Waals surface area contributed by atoms with Crippen molar-refractivity contribution in [3.05, 3.63) is 30.2 Å². The molecule has 1 fully saturated rings. The van der Waals surface area contributed by atoms with Crippen molar-refractivity contribution in [3.63, 3.8) is 0 Å². The lowest BCUT2D eigenvalue weighted by molar-refractivity contribution is -0.235. The van der Waals surface area contributed by atoms with Crippen molar-refractivity contribution in [2.45, 2.75) is 30.6 Å². The number of aliphatic hydroxyl groups is 4. The third-order valence-corrected chi connectivity index (χ3v) is 3.12. The molecule has 0 bridgehead atoms. The minimum Gasteiger partial charge on any atom is -0.465 e. The molecule has 0 saturated carbocycles. The van der Waals surface area contributed by atoms with Gasteiger partial charge in [-0.15, -0.1) is 0 Å². The van der Waals surface area contributed by atoms with E-state index < -0.39 is 43.2 Å². The zero-order valence-electron chi connectivity index (χ0n) is 11.0. The van der Waals surface area contributed by atoms with E-state index in [0.717, 1.165) is 0 Å². The number of nitrogens with one attached hydrogen (secondary N) is 1. The minimum atomic E-state index is -1.53. The van der Waals surface area contributed by atoms with Crippen molar-refractivity contribution < 1.29 is 34.4 Å². The van der Waals surface area contributed by atoms with E-state index >= 15 is 0 Å². The molecule has 1 aromatic rings. The summed E-state index contributed by atoms with van der Waals surface area (Å²) in [4.78, 5) is 11.7. The first kappa shape index (κ1) is 15.7. The van der Waals surface area contributed by atoms with Crippen LogP contribution in [0.4, 0.5) is 0 Å². The lowest BCUT2D eigenvalue weighted by Gasteiger charge is -2.39. The molecule has 1 aliphatic rings. The topological polar surface area (TPSA) is 132 Å². The van der Waals surface area contributed by atoms with Gasteiger partial charge in [0.1, 0.15) is 30.2 Å². The van der Waals surface area contributed by atoms with Crippen molar-refractivity contribution in [1.29, 1.82) is 0 Å². The summed E-state index contributed by atoms with van der Waals surface area (Å²) in [5, 5.41) is 40.3. The average Bonchev–Trinajstić information content (AvgIpc) is 2.99. The van der Waals surface area contributed by atoms with Gasteiger partial charge in [0, 0.05) is 6.08 Å². The Balaban J connectivity index is 1.96. The van der Waals surface area contributed by atoms with Crippen LogP contribution in [0.2, 0.25) is 0 Å². The summed E-state index contributed by atoms with van der Waals surface area (Å²) in [5.41, 5.74) is 0. The van der Waals surface area contributed by atoms with Crippen LogP contribution in [0.25, 0.3) is 6.08 Å². The Morgan fingerprint density at radius 2 is 2.05 bits per heavy atom. The highest BCUT2D eigenvalue weighted by Crippen LogP contribution is 2.19. The Kier molecular flexibility index (Phi) is 5.10. The van der Waals surface area contributed by atoms with Crippen molar-refractivity contribution in [2.24, 2.45) is 0 Å². The maximum atomic E-state index is 11.7. The predicted octanol–water partition coefficient (Wildman–Crippen LogP) is -1.79. The molecule has 2 heterocycles. The maximum absolute atomic E-state index is 11.7. The normalized spacial score (nSPS) is 33.2. The Morgan fingerprint density at radius 3 is 2.67 bits per heavy atom. The molecule has 21 heavy (non-hydrogen) atoms. The molecule has 1 aromatic heterocycles. The number of ether oxygens (including phenoxy) is 1. The summed E-state index contributed by atoms with van der Waals surface area (Å²) in [6.07, 6.45) is -2.78. The van der Waals surface area contributed by atoms with Crippen LogP contribution in [-0.4, -0.2) is 63.6 Å². The maximum Gasteiger partial charge on any atom is 0.246 e. The number of rotatable bonds is 4. The molecule has 1 saturated heterocycles. The average molecular weight is 299 g/mol. The Labute approximate surface area is 120 Å². The van der Waals surface area contributed by atoms with E-state index in [0.29, 0.717) is 5.76 Å².